The Morgan fingerprint density at radius 3 is 2.81 bits per heavy atom. The summed E-state index contributed by atoms with van der Waals surface area (Å²) in [4.78, 5) is 21.8. The maximum absolute atomic E-state index is 11.5. The van der Waals surface area contributed by atoms with Crippen LogP contribution in [0.15, 0.2) is 18.2 Å². The molecule has 7 heteroatoms. The number of thioether (sulfide) groups is 1. The highest BCUT2D eigenvalue weighted by Gasteiger charge is 2.07. The topological polar surface area (TPSA) is 75.6 Å². The second-order valence-corrected chi connectivity index (χ2v) is 5.59. The Bertz CT molecular complexity index is 496. The Morgan fingerprint density at radius 2 is 2.14 bits per heavy atom. The first kappa shape index (κ1) is 17.7. The van der Waals surface area contributed by atoms with Gasteiger partial charge in [0.15, 0.2) is 0 Å². The van der Waals surface area contributed by atoms with Gasteiger partial charge in [0.25, 0.3) is 0 Å². The molecule has 0 heterocycles. The van der Waals surface area contributed by atoms with Crippen molar-refractivity contribution >= 4 is 35.2 Å². The Morgan fingerprint density at radius 1 is 1.38 bits per heavy atom. The van der Waals surface area contributed by atoms with Crippen LogP contribution in [0.4, 0.5) is 0 Å². The maximum atomic E-state index is 11.5. The molecule has 1 aromatic carbocycles. The lowest BCUT2D eigenvalue weighted by molar-refractivity contribution is -0.133. The lowest BCUT2D eigenvalue weighted by Crippen LogP contribution is -2.27. The lowest BCUT2D eigenvalue weighted by atomic mass is 10.1. The minimum atomic E-state index is -0.923. The van der Waals surface area contributed by atoms with E-state index in [2.05, 4.69) is 5.32 Å². The number of carbonyl (C=O) groups is 2. The number of hydrogen-bond acceptors (Lipinski definition) is 4. The van der Waals surface area contributed by atoms with Gasteiger partial charge >= 0.3 is 5.97 Å². The largest absolute Gasteiger partial charge is 0.494 e. The maximum Gasteiger partial charge on any atom is 0.313 e. The Labute approximate surface area is 133 Å². The summed E-state index contributed by atoms with van der Waals surface area (Å²) in [6.45, 7) is 2.92. The lowest BCUT2D eigenvalue weighted by Gasteiger charge is -2.11. The van der Waals surface area contributed by atoms with Crippen molar-refractivity contribution in [3.63, 3.8) is 0 Å². The van der Waals surface area contributed by atoms with Crippen LogP contribution in [0.2, 0.25) is 5.02 Å². The van der Waals surface area contributed by atoms with E-state index in [9.17, 15) is 9.59 Å². The fourth-order valence-corrected chi connectivity index (χ4v) is 2.42. The number of aliphatic carboxylic acids is 1. The van der Waals surface area contributed by atoms with E-state index in [-0.39, 0.29) is 17.4 Å². The molecule has 21 heavy (non-hydrogen) atoms. The molecule has 0 unspecified atom stereocenters. The molecule has 2 N–H and O–H groups in total. The van der Waals surface area contributed by atoms with E-state index in [4.69, 9.17) is 21.4 Å². The molecule has 0 aliphatic heterocycles. The van der Waals surface area contributed by atoms with Crippen molar-refractivity contribution in [3.05, 3.63) is 28.8 Å². The van der Waals surface area contributed by atoms with Gasteiger partial charge in [-0.15, -0.1) is 11.8 Å². The second kappa shape index (κ2) is 9.52. The van der Waals surface area contributed by atoms with Crippen molar-refractivity contribution in [2.45, 2.75) is 13.3 Å². The number of hydrogen-bond donors (Lipinski definition) is 2. The monoisotopic (exact) mass is 331 g/mol. The molecular formula is C14H18ClNO4S. The summed E-state index contributed by atoms with van der Waals surface area (Å²) < 4.78 is 5.50. The summed E-state index contributed by atoms with van der Waals surface area (Å²) in [6.07, 6.45) is 0.602. The third-order valence-electron chi connectivity index (χ3n) is 2.50. The van der Waals surface area contributed by atoms with Gasteiger partial charge in [0.1, 0.15) is 5.75 Å². The molecule has 1 rings (SSSR count). The van der Waals surface area contributed by atoms with Crippen LogP contribution in [0.25, 0.3) is 0 Å². The van der Waals surface area contributed by atoms with Gasteiger partial charge in [-0.1, -0.05) is 11.6 Å². The Kier molecular flexibility index (Phi) is 8.00. The Hall–Kier alpha value is -1.40. The molecule has 1 amide bonds. The second-order valence-electron chi connectivity index (χ2n) is 4.17. The minimum absolute atomic E-state index is 0.0732. The van der Waals surface area contributed by atoms with Crippen LogP contribution in [0, 0.1) is 0 Å². The van der Waals surface area contributed by atoms with Crippen molar-refractivity contribution < 1.29 is 19.4 Å². The number of rotatable bonds is 9. The molecule has 0 saturated carbocycles. The molecule has 0 bridgehead atoms. The average Bonchev–Trinajstić information content (AvgIpc) is 2.41. The van der Waals surface area contributed by atoms with Gasteiger partial charge < -0.3 is 15.2 Å². The number of ether oxygens (including phenoxy) is 1. The van der Waals surface area contributed by atoms with E-state index >= 15 is 0 Å². The smallest absolute Gasteiger partial charge is 0.313 e. The van der Waals surface area contributed by atoms with Gasteiger partial charge in [0.05, 0.1) is 18.1 Å². The van der Waals surface area contributed by atoms with Gasteiger partial charge in [0.2, 0.25) is 5.91 Å². The SMILES string of the molecule is CCOc1ccc(Cl)cc1CCNC(=O)CSCC(=O)O. The van der Waals surface area contributed by atoms with Crippen molar-refractivity contribution in [1.82, 2.24) is 5.32 Å². The zero-order valence-corrected chi connectivity index (χ0v) is 13.3. The van der Waals surface area contributed by atoms with Crippen LogP contribution in [-0.2, 0) is 16.0 Å². The number of amides is 1. The third-order valence-corrected chi connectivity index (χ3v) is 3.65. The summed E-state index contributed by atoms with van der Waals surface area (Å²) in [5, 5.41) is 11.8. The zero-order valence-electron chi connectivity index (χ0n) is 11.7. The fraction of sp³-hybridized carbons (Fsp3) is 0.429. The molecule has 0 atom stereocenters. The van der Waals surface area contributed by atoms with Crippen molar-refractivity contribution in [3.8, 4) is 5.75 Å². The van der Waals surface area contributed by atoms with E-state index in [1.807, 2.05) is 19.1 Å². The molecule has 5 nitrogen and oxygen atoms in total. The fourth-order valence-electron chi connectivity index (χ4n) is 1.66. The first-order valence-electron chi connectivity index (χ1n) is 6.50. The van der Waals surface area contributed by atoms with E-state index in [1.165, 1.54) is 0 Å². The van der Waals surface area contributed by atoms with Crippen LogP contribution >= 0.6 is 23.4 Å². The van der Waals surface area contributed by atoms with Crippen LogP contribution in [-0.4, -0.2) is 41.6 Å². The van der Waals surface area contributed by atoms with Crippen molar-refractivity contribution in [1.29, 1.82) is 0 Å². The quantitative estimate of drug-likeness (QED) is 0.725. The minimum Gasteiger partial charge on any atom is -0.494 e. The zero-order chi connectivity index (χ0) is 15.7. The molecule has 116 valence electrons. The number of halogens is 1. The number of carboxylic acids is 1. The average molecular weight is 332 g/mol. The van der Waals surface area contributed by atoms with Gasteiger partial charge in [-0.25, -0.2) is 0 Å². The summed E-state index contributed by atoms with van der Waals surface area (Å²) in [5.41, 5.74) is 0.933. The molecule has 0 aliphatic rings. The normalized spacial score (nSPS) is 10.2. The van der Waals surface area contributed by atoms with Gasteiger partial charge in [-0.05, 0) is 37.1 Å². The van der Waals surface area contributed by atoms with Gasteiger partial charge in [0, 0.05) is 11.6 Å². The summed E-state index contributed by atoms with van der Waals surface area (Å²) >= 11 is 7.03. The number of benzene rings is 1. The van der Waals surface area contributed by atoms with E-state index in [0.29, 0.717) is 24.6 Å². The number of carboxylic acid groups (broad SMARTS) is 1. The molecule has 0 fully saturated rings. The standard InChI is InChI=1S/C14H18ClNO4S/c1-2-20-12-4-3-11(15)7-10(12)5-6-16-13(17)8-21-9-14(18)19/h3-4,7H,2,5-6,8-9H2,1H3,(H,16,17)(H,18,19). The van der Waals surface area contributed by atoms with Crippen LogP contribution in [0.1, 0.15) is 12.5 Å². The first-order chi connectivity index (χ1) is 10.0. The van der Waals surface area contributed by atoms with E-state index in [0.717, 1.165) is 23.1 Å². The molecule has 0 spiro atoms. The molecule has 0 aromatic heterocycles. The molecular weight excluding hydrogens is 314 g/mol. The molecule has 0 aliphatic carbocycles. The molecule has 0 radical (unpaired) electrons. The summed E-state index contributed by atoms with van der Waals surface area (Å²) in [7, 11) is 0. The molecule has 0 saturated heterocycles. The predicted molar refractivity (Wildman–Crippen MR) is 84.3 cm³/mol. The van der Waals surface area contributed by atoms with Crippen molar-refractivity contribution in [2.24, 2.45) is 0 Å². The first-order valence-corrected chi connectivity index (χ1v) is 8.03. The van der Waals surface area contributed by atoms with E-state index < -0.39 is 5.97 Å². The number of carbonyl (C=O) groups excluding carboxylic acids is 1. The van der Waals surface area contributed by atoms with Crippen LogP contribution in [0.5, 0.6) is 5.75 Å². The third kappa shape index (κ3) is 7.24. The number of nitrogens with one attached hydrogen (secondary N) is 1. The van der Waals surface area contributed by atoms with Crippen molar-refractivity contribution in [2.75, 3.05) is 24.7 Å². The van der Waals surface area contributed by atoms with Gasteiger partial charge in [-0.3, -0.25) is 9.59 Å². The Balaban J connectivity index is 2.39. The van der Waals surface area contributed by atoms with Crippen LogP contribution < -0.4 is 10.1 Å². The highest BCUT2D eigenvalue weighted by atomic mass is 35.5. The molecule has 1 aromatic rings. The van der Waals surface area contributed by atoms with E-state index in [1.54, 1.807) is 6.07 Å². The highest BCUT2D eigenvalue weighted by Crippen LogP contribution is 2.23. The highest BCUT2D eigenvalue weighted by molar-refractivity contribution is 8.00. The summed E-state index contributed by atoms with van der Waals surface area (Å²) in [5.74, 6) is -0.276. The van der Waals surface area contributed by atoms with Gasteiger partial charge in [-0.2, -0.15) is 0 Å². The summed E-state index contributed by atoms with van der Waals surface area (Å²) in [6, 6.07) is 5.39. The predicted octanol–water partition coefficient (Wildman–Crippen LogP) is 2.22. The van der Waals surface area contributed by atoms with Crippen LogP contribution in [0.3, 0.4) is 0 Å².